The average Bonchev–Trinajstić information content (AvgIpc) is 3.34. The third kappa shape index (κ3) is 4.68. The lowest BCUT2D eigenvalue weighted by Crippen LogP contribution is -2.45. The number of primary amides is 1. The number of amides is 3. The summed E-state index contributed by atoms with van der Waals surface area (Å²) in [5.74, 6) is -1.54. The molecule has 0 radical (unpaired) electrons. The van der Waals surface area contributed by atoms with E-state index in [9.17, 15) is 23.3 Å². The van der Waals surface area contributed by atoms with Gasteiger partial charge in [-0.25, -0.2) is 9.18 Å². The smallest absolute Gasteiger partial charge is 0.323 e. The van der Waals surface area contributed by atoms with E-state index in [0.29, 0.717) is 27.1 Å². The molecule has 2 heterocycles. The predicted octanol–water partition coefficient (Wildman–Crippen LogP) is 3.62. The van der Waals surface area contributed by atoms with Crippen LogP contribution < -0.4 is 5.73 Å². The molecule has 2 atom stereocenters. The fourth-order valence-electron chi connectivity index (χ4n) is 4.17. The van der Waals surface area contributed by atoms with Crippen LogP contribution in [0.15, 0.2) is 54.7 Å². The van der Waals surface area contributed by atoms with Crippen molar-refractivity contribution < 1.29 is 23.3 Å². The first kappa shape index (κ1) is 22.7. The number of halogens is 3. The van der Waals surface area contributed by atoms with Crippen molar-refractivity contribution in [3.05, 3.63) is 70.9 Å². The highest BCUT2D eigenvalue weighted by atomic mass is 35.5. The molecule has 0 saturated carbocycles. The summed E-state index contributed by atoms with van der Waals surface area (Å²) in [4.78, 5) is 38.6. The van der Waals surface area contributed by atoms with Gasteiger partial charge in [-0.2, -0.15) is 5.12 Å². The van der Waals surface area contributed by atoms with Crippen LogP contribution in [-0.2, 0) is 22.6 Å². The Labute approximate surface area is 193 Å². The summed E-state index contributed by atoms with van der Waals surface area (Å²) in [7, 11) is 0. The minimum absolute atomic E-state index is 0.0202. The Morgan fingerprint density at radius 1 is 1.15 bits per heavy atom. The van der Waals surface area contributed by atoms with Crippen LogP contribution in [0.2, 0.25) is 5.02 Å². The summed E-state index contributed by atoms with van der Waals surface area (Å²) < 4.78 is 30.1. The van der Waals surface area contributed by atoms with Gasteiger partial charge in [0, 0.05) is 23.0 Å². The van der Waals surface area contributed by atoms with Gasteiger partial charge in [-0.05, 0) is 29.3 Å². The summed E-state index contributed by atoms with van der Waals surface area (Å²) >= 11 is 5.90. The van der Waals surface area contributed by atoms with Gasteiger partial charge >= 0.3 is 6.03 Å². The zero-order valence-corrected chi connectivity index (χ0v) is 18.2. The third-order valence-electron chi connectivity index (χ3n) is 5.68. The topological polar surface area (TPSA) is 88.6 Å². The van der Waals surface area contributed by atoms with Gasteiger partial charge in [0.2, 0.25) is 5.91 Å². The molecular weight excluding hydrogens is 454 g/mol. The number of rotatable bonds is 5. The zero-order valence-electron chi connectivity index (χ0n) is 17.5. The number of fused-ring (bicyclic) bond motifs is 1. The molecule has 0 aliphatic carbocycles. The molecule has 1 saturated heterocycles. The van der Waals surface area contributed by atoms with Gasteiger partial charge < -0.3 is 10.6 Å². The van der Waals surface area contributed by atoms with Gasteiger partial charge in [0.1, 0.15) is 12.2 Å². The second kappa shape index (κ2) is 9.19. The van der Waals surface area contributed by atoms with Crippen molar-refractivity contribution in [2.24, 2.45) is 5.73 Å². The van der Waals surface area contributed by atoms with Crippen LogP contribution in [0, 0.1) is 0 Å². The maximum absolute atomic E-state index is 14.7. The maximum Gasteiger partial charge on any atom is 0.323 e. The molecule has 2 N–H and O–H groups in total. The molecule has 172 valence electrons. The van der Waals surface area contributed by atoms with Crippen molar-refractivity contribution in [1.29, 1.82) is 0 Å². The molecule has 2 aromatic carbocycles. The molecule has 0 unspecified atom stereocenters. The number of hydrogen-bond donors (Lipinski definition) is 1. The molecule has 0 bridgehead atoms. The van der Waals surface area contributed by atoms with E-state index in [-0.39, 0.29) is 31.1 Å². The predicted molar refractivity (Wildman–Crippen MR) is 119 cm³/mol. The number of carbonyl (C=O) groups is 3. The fraction of sp³-hybridized carbons (Fsp3) is 0.261. The monoisotopic (exact) mass is 474 g/mol. The quantitative estimate of drug-likeness (QED) is 0.573. The Kier molecular flexibility index (Phi) is 6.33. The Morgan fingerprint density at radius 3 is 2.64 bits per heavy atom. The largest absolute Gasteiger partial charge is 0.351 e. The van der Waals surface area contributed by atoms with E-state index in [4.69, 9.17) is 17.3 Å². The summed E-state index contributed by atoms with van der Waals surface area (Å²) in [5.41, 5.74) is 6.90. The first-order valence-electron chi connectivity index (χ1n) is 10.3. The number of carbonyl (C=O) groups excluding carboxylic acids is 3. The van der Waals surface area contributed by atoms with Gasteiger partial charge in [-0.3, -0.25) is 14.2 Å². The molecule has 33 heavy (non-hydrogen) atoms. The van der Waals surface area contributed by atoms with Gasteiger partial charge in [-0.15, -0.1) is 0 Å². The lowest BCUT2D eigenvalue weighted by atomic mass is 10.1. The summed E-state index contributed by atoms with van der Waals surface area (Å²) in [5, 5.41) is 1.01. The minimum atomic E-state index is -1.45. The van der Waals surface area contributed by atoms with E-state index < -0.39 is 30.1 Å². The molecule has 3 amide bonds. The minimum Gasteiger partial charge on any atom is -0.351 e. The van der Waals surface area contributed by atoms with Crippen molar-refractivity contribution in [3.63, 3.8) is 0 Å². The third-order valence-corrected chi connectivity index (χ3v) is 5.91. The van der Waals surface area contributed by atoms with Crippen molar-refractivity contribution in [2.75, 3.05) is 6.54 Å². The molecule has 7 nitrogen and oxygen atoms in total. The van der Waals surface area contributed by atoms with Gasteiger partial charge in [0.15, 0.2) is 0 Å². The van der Waals surface area contributed by atoms with Crippen LogP contribution in [0.1, 0.15) is 17.5 Å². The number of nitrogens with two attached hydrogens (primary N) is 1. The van der Waals surface area contributed by atoms with Crippen molar-refractivity contribution in [2.45, 2.75) is 31.6 Å². The average molecular weight is 475 g/mol. The van der Waals surface area contributed by atoms with E-state index in [1.165, 1.54) is 16.8 Å². The van der Waals surface area contributed by atoms with Crippen LogP contribution in [-0.4, -0.2) is 51.2 Å². The van der Waals surface area contributed by atoms with Crippen LogP contribution in [0.5, 0.6) is 0 Å². The van der Waals surface area contributed by atoms with Crippen LogP contribution in [0.3, 0.4) is 0 Å². The lowest BCUT2D eigenvalue weighted by molar-refractivity contribution is -0.156. The first-order chi connectivity index (χ1) is 15.7. The van der Waals surface area contributed by atoms with E-state index in [1.54, 1.807) is 42.5 Å². The molecule has 10 heteroatoms. The molecular formula is C23H21ClF2N4O3. The van der Waals surface area contributed by atoms with E-state index >= 15 is 0 Å². The summed E-state index contributed by atoms with van der Waals surface area (Å²) in [6.07, 6.45) is -0.485. The SMILES string of the molecule is NC(=O)n1cc(CC(=O)N2C[C@H](F)C[C@H]2C(=O)N(F)Cc2cccc(Cl)c2)c2ccccc21. The Balaban J connectivity index is 1.53. The van der Waals surface area contributed by atoms with Crippen molar-refractivity contribution >= 4 is 40.3 Å². The Morgan fingerprint density at radius 2 is 1.91 bits per heavy atom. The number of likely N-dealkylation sites (tertiary alicyclic amines) is 1. The number of benzene rings is 2. The molecule has 3 aromatic rings. The van der Waals surface area contributed by atoms with Crippen molar-refractivity contribution in [3.8, 4) is 0 Å². The maximum atomic E-state index is 14.7. The highest BCUT2D eigenvalue weighted by Crippen LogP contribution is 2.27. The Hall–Kier alpha value is -3.46. The normalized spacial score (nSPS) is 18.0. The Bertz CT molecular complexity index is 1230. The van der Waals surface area contributed by atoms with Gasteiger partial charge in [-0.1, -0.05) is 46.4 Å². The van der Waals surface area contributed by atoms with Crippen LogP contribution >= 0.6 is 11.6 Å². The number of nitrogens with zero attached hydrogens (tertiary/aromatic N) is 3. The first-order valence-corrected chi connectivity index (χ1v) is 10.7. The second-order valence-corrected chi connectivity index (χ2v) is 8.38. The molecule has 1 aliphatic heterocycles. The lowest BCUT2D eigenvalue weighted by Gasteiger charge is -2.25. The number of aromatic nitrogens is 1. The zero-order chi connectivity index (χ0) is 23.7. The molecule has 1 aromatic heterocycles. The highest BCUT2D eigenvalue weighted by Gasteiger charge is 2.42. The van der Waals surface area contributed by atoms with E-state index in [0.717, 1.165) is 4.90 Å². The van der Waals surface area contributed by atoms with Crippen LogP contribution in [0.25, 0.3) is 10.9 Å². The molecule has 0 spiro atoms. The second-order valence-electron chi connectivity index (χ2n) is 7.94. The number of hydrogen-bond acceptors (Lipinski definition) is 3. The molecule has 1 aliphatic rings. The van der Waals surface area contributed by atoms with E-state index in [1.807, 2.05) is 0 Å². The van der Waals surface area contributed by atoms with Crippen molar-refractivity contribution in [1.82, 2.24) is 14.6 Å². The molecule has 4 rings (SSSR count). The molecule has 1 fully saturated rings. The summed E-state index contributed by atoms with van der Waals surface area (Å²) in [6, 6.07) is 11.3. The van der Waals surface area contributed by atoms with Gasteiger partial charge in [0.25, 0.3) is 5.91 Å². The fourth-order valence-corrected chi connectivity index (χ4v) is 4.38. The highest BCUT2D eigenvalue weighted by molar-refractivity contribution is 6.30. The number of alkyl halides is 1. The summed E-state index contributed by atoms with van der Waals surface area (Å²) in [6.45, 7) is -0.685. The standard InChI is InChI=1S/C23H21ClF2N4O3/c24-16-5-3-4-14(8-16)11-30(26)22(32)20-10-17(25)13-28(20)21(31)9-15-12-29(23(27)33)19-7-2-1-6-18(15)19/h1-8,12,17,20H,9-11,13H2,(H2,27,33)/t17-,20+/m1/s1. The van der Waals surface area contributed by atoms with E-state index in [2.05, 4.69) is 0 Å². The van der Waals surface area contributed by atoms with Gasteiger partial charge in [0.05, 0.1) is 25.0 Å². The number of para-hydroxylation sites is 1. The van der Waals surface area contributed by atoms with Crippen LogP contribution in [0.4, 0.5) is 13.7 Å².